The van der Waals surface area contributed by atoms with Gasteiger partial charge in [0.15, 0.2) is 70.0 Å². The zero-order chi connectivity index (χ0) is 69.6. The number of ketones is 2. The van der Waals surface area contributed by atoms with Crippen LogP contribution in [-0.2, 0) is 60.6 Å². The van der Waals surface area contributed by atoms with Crippen LogP contribution in [0, 0.1) is 0 Å². The molecule has 0 aromatic carbocycles. The second-order valence-corrected chi connectivity index (χ2v) is 23.3. The molecule has 14 atom stereocenters. The summed E-state index contributed by atoms with van der Waals surface area (Å²) < 4.78 is 69.9. The summed E-state index contributed by atoms with van der Waals surface area (Å²) in [7, 11) is -14.4. The number of aromatic amines is 3. The van der Waals surface area contributed by atoms with Gasteiger partial charge in [-0.2, -0.15) is 15.0 Å². The van der Waals surface area contributed by atoms with Crippen molar-refractivity contribution in [3.63, 3.8) is 0 Å². The molecule has 49 heteroatoms. The maximum Gasteiger partial charge on any atom is 0.469 e. The van der Waals surface area contributed by atoms with Gasteiger partial charge in [-0.1, -0.05) is 13.8 Å². The molecule has 0 saturated carbocycles. The number of aliphatic hydroxyl groups excluding tert-OH is 8. The average Bonchev–Trinajstić information content (AvgIpc) is 1.65. The first-order chi connectivity index (χ1) is 43.5. The number of anilines is 3. The van der Waals surface area contributed by atoms with Crippen molar-refractivity contribution in [1.82, 2.24) is 58.6 Å². The summed E-state index contributed by atoms with van der Waals surface area (Å²) in [4.78, 5) is 152. The number of H-pyrrole nitrogens is 3. The highest BCUT2D eigenvalue weighted by Crippen LogP contribution is 2.41. The second kappa shape index (κ2) is 33.5. The largest absolute Gasteiger partial charge is 0.469 e. The monoisotopic (exact) mass is 1390 g/mol. The van der Waals surface area contributed by atoms with E-state index in [2.05, 4.69) is 73.8 Å². The Labute approximate surface area is 519 Å². The van der Waals surface area contributed by atoms with Crippen LogP contribution < -0.4 is 38.8 Å². The molecule has 93 heavy (non-hydrogen) atoms. The number of aliphatic hydroxyl groups is 8. The molecule has 46 nitrogen and oxygen atoms in total. The van der Waals surface area contributed by atoms with Crippen LogP contribution in [0.4, 0.5) is 17.8 Å². The molecule has 0 amide bonds. The Balaban J connectivity index is 0.000000238. The summed E-state index contributed by atoms with van der Waals surface area (Å²) in [5.41, 5.74) is 8.27. The number of rotatable bonds is 23. The van der Waals surface area contributed by atoms with E-state index in [1.807, 2.05) is 13.8 Å². The van der Waals surface area contributed by atoms with E-state index in [-0.39, 0.29) is 63.6 Å². The highest BCUT2D eigenvalue weighted by molar-refractivity contribution is 7.46. The summed E-state index contributed by atoms with van der Waals surface area (Å²) >= 11 is 0. The smallest absolute Gasteiger partial charge is 0.444 e. The van der Waals surface area contributed by atoms with Crippen LogP contribution in [0.15, 0.2) is 33.4 Å². The number of hydrogen-bond donors (Lipinski definition) is 21. The number of aromatic nitrogens is 12. The highest BCUT2D eigenvalue weighted by atomic mass is 31.2. The molecular weight excluding hydrogens is 1330 g/mol. The van der Waals surface area contributed by atoms with E-state index in [0.717, 1.165) is 12.9 Å². The van der Waals surface area contributed by atoms with Gasteiger partial charge in [0, 0.05) is 6.42 Å². The normalized spacial score (nSPS) is 24.3. The number of nitrogens with one attached hydrogen (secondary N) is 5. The standard InChI is InChI=1S/C16H24N5O9P.C13H18N5O10P.C10H14N5O8P.C3H6O3.C2H7N/c1-3-4-8(22)7(2)18-16-19-13-10(14(25)20-16)17-6-21(13)15-12(24)11(23)9(30-15)5-29-31(26,27)28;1-5(26-4-19)15-13-16-10-7(11(22)17-13)14-3-18(10)12-9(21)8(20)6(28-12)2-27-29(23,24)25;11-10-13-7-4(8(18)14-10)12-2-15(7)9-6(17)5(16)3(23-9)1-22-24(19,20)21;4-1-3(6)2-5;1-2-3/h6-7,9,11-12,15,23-24H,3-5H2,1-2H3,(H2,26,27,28)(H2,18,19,20,25);3-6,8-9,12,20-21H,2H2,1H3,(H2,23,24,25)(H2,15,16,17,22);2-3,5-6,9,16-17H,1H2,(H2,19,20,21)(H3,11,13,14,18);4-5H,1-2H2;2-3H2,1H3/t7?,9-,11-,12-,15-;5?,6-,8-,9-,12-;3-,5-,6-,9-;;/m111../s1. The third-order valence-electron chi connectivity index (χ3n) is 12.7. The van der Waals surface area contributed by atoms with Gasteiger partial charge in [-0.25, -0.2) is 28.6 Å². The maximum absolute atomic E-state index is 12.4. The molecule has 9 rings (SSSR count). The number of fused-ring (bicyclic) bond motifs is 3. The molecule has 2 unspecified atom stereocenters. The number of nitrogens with two attached hydrogens (primary N) is 2. The number of carbonyl (C=O) groups excluding carboxylic acids is 3. The molecule has 23 N–H and O–H groups in total. The Bertz CT molecular complexity index is 3810. The molecule has 3 fully saturated rings. The van der Waals surface area contributed by atoms with E-state index in [1.54, 1.807) is 6.92 Å². The average molecular weight is 1400 g/mol. The van der Waals surface area contributed by atoms with E-state index in [4.69, 9.17) is 65.3 Å². The van der Waals surface area contributed by atoms with Gasteiger partial charge in [-0.05, 0) is 26.8 Å². The number of imidazole rings is 3. The summed E-state index contributed by atoms with van der Waals surface area (Å²) in [6.07, 6.45) is -12.8. The molecule has 0 spiro atoms. The lowest BCUT2D eigenvalue weighted by atomic mass is 10.1. The lowest BCUT2D eigenvalue weighted by molar-refractivity contribution is -0.131. The molecule has 3 aliphatic heterocycles. The number of Topliss-reactive ketones (excluding diaryl/α,β-unsaturated/α-hetero) is 2. The van der Waals surface area contributed by atoms with E-state index in [9.17, 15) is 73.1 Å². The fourth-order valence-corrected chi connectivity index (χ4v) is 9.42. The van der Waals surface area contributed by atoms with Crippen molar-refractivity contribution >= 4 is 92.8 Å². The maximum atomic E-state index is 12.4. The van der Waals surface area contributed by atoms with Crippen LogP contribution >= 0.6 is 23.5 Å². The van der Waals surface area contributed by atoms with Crippen molar-refractivity contribution in [3.8, 4) is 0 Å². The molecule has 0 aliphatic carbocycles. The minimum absolute atomic E-state index is 0.00520. The first kappa shape index (κ1) is 76.8. The molecular formula is C44H69N16O30P3. The number of phosphoric acid groups is 3. The van der Waals surface area contributed by atoms with Crippen LogP contribution in [0.1, 0.15) is 59.2 Å². The predicted octanol–water partition coefficient (Wildman–Crippen LogP) is -7.27. The van der Waals surface area contributed by atoms with Crippen molar-refractivity contribution in [2.45, 2.75) is 126 Å². The van der Waals surface area contributed by atoms with Gasteiger partial charge in [0.2, 0.25) is 17.8 Å². The molecule has 0 bridgehead atoms. The summed E-state index contributed by atoms with van der Waals surface area (Å²) in [6, 6.07) is -0.610. The molecule has 6 aromatic rings. The minimum Gasteiger partial charge on any atom is -0.444 e. The van der Waals surface area contributed by atoms with Crippen molar-refractivity contribution in [1.29, 1.82) is 0 Å². The number of phosphoric ester groups is 3. The zero-order valence-electron chi connectivity index (χ0n) is 48.9. The number of ether oxygens (including phenoxy) is 4. The van der Waals surface area contributed by atoms with Crippen LogP contribution in [-0.4, -0.2) is 254 Å². The summed E-state index contributed by atoms with van der Waals surface area (Å²) in [6.45, 7) is 4.72. The van der Waals surface area contributed by atoms with Crippen molar-refractivity contribution < 1.29 is 131 Å². The van der Waals surface area contributed by atoms with Crippen LogP contribution in [0.2, 0.25) is 0 Å². The van der Waals surface area contributed by atoms with Crippen LogP contribution in [0.3, 0.4) is 0 Å². The number of nitrogens with zero attached hydrogens (tertiary/aromatic N) is 9. The van der Waals surface area contributed by atoms with E-state index in [1.165, 1.54) is 33.3 Å². The van der Waals surface area contributed by atoms with Crippen molar-refractivity contribution in [2.75, 3.05) is 55.9 Å². The fraction of sp³-hybridized carbons (Fsp3) is 0.591. The lowest BCUT2D eigenvalue weighted by Gasteiger charge is -2.17. The van der Waals surface area contributed by atoms with Crippen molar-refractivity contribution in [2.24, 2.45) is 5.73 Å². The zero-order valence-corrected chi connectivity index (χ0v) is 51.5. The fourth-order valence-electron chi connectivity index (χ4n) is 8.40. The van der Waals surface area contributed by atoms with Gasteiger partial charge < -0.3 is 111 Å². The van der Waals surface area contributed by atoms with Gasteiger partial charge in [0.1, 0.15) is 68.1 Å². The predicted molar refractivity (Wildman–Crippen MR) is 308 cm³/mol. The summed E-state index contributed by atoms with van der Waals surface area (Å²) in [5.74, 6) is -0.846. The van der Waals surface area contributed by atoms with Gasteiger partial charge in [0.25, 0.3) is 23.2 Å². The molecule has 3 saturated heterocycles. The first-order valence-electron chi connectivity index (χ1n) is 26.9. The molecule has 3 aliphatic rings. The van der Waals surface area contributed by atoms with E-state index < -0.39 is 165 Å². The van der Waals surface area contributed by atoms with Gasteiger partial charge >= 0.3 is 23.5 Å². The van der Waals surface area contributed by atoms with Gasteiger partial charge in [0.05, 0.1) is 44.8 Å². The topological polar surface area (TPSA) is 717 Å². The lowest BCUT2D eigenvalue weighted by Crippen LogP contribution is -2.33. The van der Waals surface area contributed by atoms with Crippen LogP contribution in [0.25, 0.3) is 33.5 Å². The molecule has 520 valence electrons. The Morgan fingerprint density at radius 3 is 1.26 bits per heavy atom. The molecule has 0 radical (unpaired) electrons. The molecule has 6 aromatic heterocycles. The van der Waals surface area contributed by atoms with E-state index >= 15 is 0 Å². The Morgan fingerprint density at radius 2 is 0.946 bits per heavy atom. The Kier molecular flexibility index (Phi) is 27.7. The third-order valence-corrected chi connectivity index (χ3v) is 14.1. The molecule has 9 heterocycles. The Morgan fingerprint density at radius 1 is 0.613 bits per heavy atom. The van der Waals surface area contributed by atoms with Crippen LogP contribution in [0.5, 0.6) is 0 Å². The van der Waals surface area contributed by atoms with Crippen molar-refractivity contribution in [3.05, 3.63) is 50.0 Å². The quantitative estimate of drug-likeness (QED) is 0.0161. The second-order valence-electron chi connectivity index (χ2n) is 19.6. The number of carbonyl (C=O) groups is 3. The first-order valence-corrected chi connectivity index (χ1v) is 31.5. The summed E-state index contributed by atoms with van der Waals surface area (Å²) in [5, 5.41) is 82.0. The highest BCUT2D eigenvalue weighted by Gasteiger charge is 2.48. The third kappa shape index (κ3) is 20.8. The number of nitrogen functional groups attached to an aromatic ring is 1. The SMILES string of the molecule is CC(Nc1nc2c(ncn2[C@@H]2O[C@H](COP(=O)(O)O)[C@@H](O)[C@H]2O)c(=O)[nH]1)OC=O.CCCC(=O)C(C)Nc1nc2c(ncn2[C@@H]2O[C@H](COP(=O)(O)O)[C@@H](O)[C@H]2O)c(=O)[nH]1.CCN.Nc1nc2c(ncn2[C@@H]2O[C@H](COP(=O)(O)O)[C@@H](O)[C@H]2O)c(=O)[nH]1.O=C(CO)CO. The van der Waals surface area contributed by atoms with E-state index in [0.29, 0.717) is 12.8 Å². The minimum atomic E-state index is -4.81. The Hall–Kier alpha value is -6.89. The van der Waals surface area contributed by atoms with Gasteiger partial charge in [-0.15, -0.1) is 0 Å². The number of hydrogen-bond acceptors (Lipinski definition) is 34. The van der Waals surface area contributed by atoms with Gasteiger partial charge in [-0.3, -0.25) is 71.0 Å².